The summed E-state index contributed by atoms with van der Waals surface area (Å²) in [6, 6.07) is 12.0. The van der Waals surface area contributed by atoms with Crippen LogP contribution in [-0.4, -0.2) is 8.42 Å². The quantitative estimate of drug-likeness (QED) is 0.786. The molecule has 1 aromatic heterocycles. The third-order valence-electron chi connectivity index (χ3n) is 2.75. The Morgan fingerprint density at radius 2 is 1.95 bits per heavy atom. The Labute approximate surface area is 133 Å². The molecule has 0 amide bonds. The lowest BCUT2D eigenvalue weighted by atomic mass is 10.2. The third kappa shape index (κ3) is 4.18. The summed E-state index contributed by atoms with van der Waals surface area (Å²) in [4.78, 5) is 1.59. The van der Waals surface area contributed by atoms with E-state index in [1.54, 1.807) is 36.4 Å². The molecule has 21 heavy (non-hydrogen) atoms. The largest absolute Gasteiger partial charge is 0.223 e. The number of hydrogen-bond donors (Lipinski definition) is 0. The van der Waals surface area contributed by atoms with Crippen LogP contribution in [0.1, 0.15) is 15.3 Å². The second-order valence-corrected chi connectivity index (χ2v) is 8.17. The van der Waals surface area contributed by atoms with Crippen LogP contribution in [0.25, 0.3) is 6.08 Å². The highest BCUT2D eigenvalue weighted by Crippen LogP contribution is 2.22. The Hall–Kier alpha value is -1.61. The maximum absolute atomic E-state index is 12.3. The van der Waals surface area contributed by atoms with E-state index in [-0.39, 0.29) is 10.7 Å². The van der Waals surface area contributed by atoms with E-state index in [4.69, 9.17) is 16.9 Å². The van der Waals surface area contributed by atoms with Gasteiger partial charge in [-0.05, 0) is 42.8 Å². The van der Waals surface area contributed by atoms with Gasteiger partial charge in [0, 0.05) is 14.8 Å². The van der Waals surface area contributed by atoms with Gasteiger partial charge in [0.15, 0.2) is 9.84 Å². The Kier molecular flexibility index (Phi) is 4.84. The molecule has 0 unspecified atom stereocenters. The SMILES string of the molecule is Cc1ccc(/C=C(/C#N)S(=O)(=O)Cc2ccc(Cl)cc2)s1. The molecule has 0 saturated heterocycles. The number of hydrogen-bond acceptors (Lipinski definition) is 4. The van der Waals surface area contributed by atoms with Gasteiger partial charge < -0.3 is 0 Å². The summed E-state index contributed by atoms with van der Waals surface area (Å²) in [6.07, 6.45) is 1.42. The monoisotopic (exact) mass is 337 g/mol. The third-order valence-corrected chi connectivity index (χ3v) is 5.54. The van der Waals surface area contributed by atoms with E-state index in [2.05, 4.69) is 0 Å². The van der Waals surface area contributed by atoms with E-state index >= 15 is 0 Å². The molecule has 2 aromatic rings. The van der Waals surface area contributed by atoms with Gasteiger partial charge in [-0.2, -0.15) is 5.26 Å². The molecule has 0 aliphatic rings. The molecule has 3 nitrogen and oxygen atoms in total. The predicted molar refractivity (Wildman–Crippen MR) is 86.7 cm³/mol. The van der Waals surface area contributed by atoms with Crippen LogP contribution in [0.15, 0.2) is 41.3 Å². The lowest BCUT2D eigenvalue weighted by Gasteiger charge is -2.03. The van der Waals surface area contributed by atoms with Crippen molar-refractivity contribution in [3.63, 3.8) is 0 Å². The fraction of sp³-hybridized carbons (Fsp3) is 0.133. The van der Waals surface area contributed by atoms with E-state index in [0.29, 0.717) is 10.6 Å². The van der Waals surface area contributed by atoms with Crippen LogP contribution in [0.2, 0.25) is 5.02 Å². The molecular weight excluding hydrogens is 326 g/mol. The molecule has 0 atom stereocenters. The number of sulfone groups is 1. The number of aryl methyl sites for hydroxylation is 1. The minimum absolute atomic E-state index is 0.214. The average Bonchev–Trinajstić information content (AvgIpc) is 2.84. The molecule has 0 bridgehead atoms. The van der Waals surface area contributed by atoms with Gasteiger partial charge in [0.1, 0.15) is 11.0 Å². The van der Waals surface area contributed by atoms with Crippen LogP contribution >= 0.6 is 22.9 Å². The summed E-state index contributed by atoms with van der Waals surface area (Å²) in [5.74, 6) is -0.214. The number of thiophene rings is 1. The summed E-state index contributed by atoms with van der Waals surface area (Å²) in [6.45, 7) is 1.93. The second kappa shape index (κ2) is 6.44. The first kappa shape index (κ1) is 15.8. The van der Waals surface area contributed by atoms with Crippen molar-refractivity contribution in [2.24, 2.45) is 0 Å². The first-order valence-electron chi connectivity index (χ1n) is 6.06. The second-order valence-electron chi connectivity index (χ2n) is 4.45. The lowest BCUT2D eigenvalue weighted by Crippen LogP contribution is -2.06. The van der Waals surface area contributed by atoms with E-state index in [1.807, 2.05) is 13.0 Å². The van der Waals surface area contributed by atoms with Crippen LogP contribution in [0.5, 0.6) is 0 Å². The Morgan fingerprint density at radius 1 is 1.29 bits per heavy atom. The van der Waals surface area contributed by atoms with Crippen molar-refractivity contribution >= 4 is 38.9 Å². The number of nitriles is 1. The molecular formula is C15H12ClNO2S2. The van der Waals surface area contributed by atoms with Gasteiger partial charge in [-0.25, -0.2) is 8.42 Å². The highest BCUT2D eigenvalue weighted by molar-refractivity contribution is 7.95. The molecule has 0 fully saturated rings. The molecule has 0 spiro atoms. The van der Waals surface area contributed by atoms with E-state index in [1.165, 1.54) is 17.4 Å². The summed E-state index contributed by atoms with van der Waals surface area (Å²) in [5, 5.41) is 9.68. The van der Waals surface area contributed by atoms with Gasteiger partial charge in [0.05, 0.1) is 5.75 Å². The van der Waals surface area contributed by atoms with Crippen LogP contribution in [0.4, 0.5) is 0 Å². The summed E-state index contributed by atoms with van der Waals surface area (Å²) >= 11 is 7.22. The molecule has 0 radical (unpaired) electrons. The first-order chi connectivity index (χ1) is 9.90. The van der Waals surface area contributed by atoms with Gasteiger partial charge in [-0.15, -0.1) is 11.3 Å². The molecule has 1 heterocycles. The maximum atomic E-state index is 12.3. The van der Waals surface area contributed by atoms with Gasteiger partial charge in [0.25, 0.3) is 0 Å². The summed E-state index contributed by atoms with van der Waals surface area (Å²) in [5.41, 5.74) is 0.600. The lowest BCUT2D eigenvalue weighted by molar-refractivity contribution is 0.602. The smallest absolute Gasteiger partial charge is 0.192 e. The standard InChI is InChI=1S/C15H12ClNO2S2/c1-11-2-7-14(20-11)8-15(9-17)21(18,19)10-12-3-5-13(16)6-4-12/h2-8H,10H2,1H3/b15-8-. The normalized spacial score (nSPS) is 12.1. The van der Waals surface area contributed by atoms with Gasteiger partial charge >= 0.3 is 0 Å². The number of nitrogens with zero attached hydrogens (tertiary/aromatic N) is 1. The average molecular weight is 338 g/mol. The van der Waals surface area contributed by atoms with Crippen LogP contribution in [-0.2, 0) is 15.6 Å². The number of benzene rings is 1. The fourth-order valence-electron chi connectivity index (χ4n) is 1.73. The summed E-state index contributed by atoms with van der Waals surface area (Å²) in [7, 11) is -3.66. The minimum Gasteiger partial charge on any atom is -0.223 e. The van der Waals surface area contributed by atoms with Crippen LogP contribution in [0.3, 0.4) is 0 Å². The van der Waals surface area contributed by atoms with Gasteiger partial charge in [0.2, 0.25) is 0 Å². The molecule has 2 rings (SSSR count). The Balaban J connectivity index is 2.30. The van der Waals surface area contributed by atoms with Crippen molar-refractivity contribution < 1.29 is 8.42 Å². The van der Waals surface area contributed by atoms with Crippen molar-refractivity contribution in [1.29, 1.82) is 5.26 Å². The molecule has 108 valence electrons. The predicted octanol–water partition coefficient (Wildman–Crippen LogP) is 4.19. The van der Waals surface area contributed by atoms with E-state index in [9.17, 15) is 8.42 Å². The molecule has 0 N–H and O–H groups in total. The minimum atomic E-state index is -3.66. The van der Waals surface area contributed by atoms with Crippen molar-refractivity contribution in [2.45, 2.75) is 12.7 Å². The van der Waals surface area contributed by atoms with E-state index < -0.39 is 9.84 Å². The zero-order valence-electron chi connectivity index (χ0n) is 11.2. The topological polar surface area (TPSA) is 57.9 Å². The molecule has 1 aromatic carbocycles. The van der Waals surface area contributed by atoms with Crippen molar-refractivity contribution in [3.05, 3.63) is 61.6 Å². The number of allylic oxidation sites excluding steroid dienone is 1. The van der Waals surface area contributed by atoms with Crippen LogP contribution < -0.4 is 0 Å². The zero-order valence-corrected chi connectivity index (χ0v) is 13.6. The van der Waals surface area contributed by atoms with Crippen molar-refractivity contribution in [3.8, 4) is 6.07 Å². The highest BCUT2D eigenvalue weighted by Gasteiger charge is 2.19. The number of rotatable bonds is 4. The van der Waals surface area contributed by atoms with E-state index in [0.717, 1.165) is 9.75 Å². The maximum Gasteiger partial charge on any atom is 0.192 e. The van der Waals surface area contributed by atoms with Gasteiger partial charge in [-0.1, -0.05) is 23.7 Å². The van der Waals surface area contributed by atoms with Crippen molar-refractivity contribution in [2.75, 3.05) is 0 Å². The molecule has 0 aliphatic carbocycles. The molecule has 0 saturated carbocycles. The zero-order chi connectivity index (χ0) is 15.5. The molecule has 0 aliphatic heterocycles. The van der Waals surface area contributed by atoms with Gasteiger partial charge in [-0.3, -0.25) is 0 Å². The summed E-state index contributed by atoms with van der Waals surface area (Å²) < 4.78 is 24.6. The fourth-order valence-corrected chi connectivity index (χ4v) is 3.98. The highest BCUT2D eigenvalue weighted by atomic mass is 35.5. The first-order valence-corrected chi connectivity index (χ1v) is 8.91. The van der Waals surface area contributed by atoms with Crippen molar-refractivity contribution in [1.82, 2.24) is 0 Å². The van der Waals surface area contributed by atoms with Crippen LogP contribution in [0, 0.1) is 18.3 Å². The Bertz CT molecular complexity index is 812. The number of halogens is 1. The molecule has 6 heteroatoms. The Morgan fingerprint density at radius 3 is 2.48 bits per heavy atom.